The van der Waals surface area contributed by atoms with E-state index in [0.717, 1.165) is 40.7 Å². The van der Waals surface area contributed by atoms with Crippen LogP contribution < -0.4 is 10.1 Å². The standard InChI is InChI=1S/C15H15N3O3S2/c19-13(17-15-11-7-23-8-12(11)18-21-15)10-2-1-4-16-14(10)20-9-3-5-22-6-9/h1-2,4,9H,3,5-8H2,(H,17,19). The Hall–Kier alpha value is -1.67. The summed E-state index contributed by atoms with van der Waals surface area (Å²) in [5.41, 5.74) is 2.30. The highest BCUT2D eigenvalue weighted by Gasteiger charge is 2.25. The zero-order chi connectivity index (χ0) is 15.6. The minimum atomic E-state index is -0.283. The summed E-state index contributed by atoms with van der Waals surface area (Å²) in [6, 6.07) is 3.44. The van der Waals surface area contributed by atoms with E-state index in [0.29, 0.717) is 17.3 Å². The maximum Gasteiger partial charge on any atom is 0.263 e. The quantitative estimate of drug-likeness (QED) is 0.909. The van der Waals surface area contributed by atoms with Crippen molar-refractivity contribution < 1.29 is 14.1 Å². The minimum Gasteiger partial charge on any atom is -0.473 e. The Morgan fingerprint density at radius 3 is 3.22 bits per heavy atom. The summed E-state index contributed by atoms with van der Waals surface area (Å²) in [7, 11) is 0. The van der Waals surface area contributed by atoms with E-state index in [1.807, 2.05) is 11.8 Å². The van der Waals surface area contributed by atoms with Gasteiger partial charge in [-0.05, 0) is 24.3 Å². The van der Waals surface area contributed by atoms with Crippen LogP contribution in [0.25, 0.3) is 0 Å². The molecule has 1 fully saturated rings. The average molecular weight is 349 g/mol. The van der Waals surface area contributed by atoms with E-state index in [2.05, 4.69) is 15.5 Å². The molecule has 1 unspecified atom stereocenters. The summed E-state index contributed by atoms with van der Waals surface area (Å²) in [5.74, 6) is 4.18. The molecular weight excluding hydrogens is 334 g/mol. The molecule has 0 spiro atoms. The van der Waals surface area contributed by atoms with E-state index in [1.54, 1.807) is 30.1 Å². The molecule has 2 aromatic heterocycles. The average Bonchev–Trinajstić information content (AvgIpc) is 3.27. The normalized spacial score (nSPS) is 19.6. The number of aromatic nitrogens is 2. The number of anilines is 1. The van der Waals surface area contributed by atoms with Crippen molar-refractivity contribution in [2.45, 2.75) is 24.0 Å². The third-order valence-electron chi connectivity index (χ3n) is 3.76. The van der Waals surface area contributed by atoms with E-state index in [9.17, 15) is 4.79 Å². The third kappa shape index (κ3) is 3.05. The van der Waals surface area contributed by atoms with Crippen LogP contribution in [0.4, 0.5) is 5.88 Å². The molecule has 0 aromatic carbocycles. The molecule has 6 nitrogen and oxygen atoms in total. The van der Waals surface area contributed by atoms with Crippen molar-refractivity contribution in [2.75, 3.05) is 16.8 Å². The minimum absolute atomic E-state index is 0.118. The van der Waals surface area contributed by atoms with E-state index in [1.165, 1.54) is 0 Å². The Bertz CT molecular complexity index is 729. The molecule has 0 bridgehead atoms. The van der Waals surface area contributed by atoms with Crippen LogP contribution in [0.2, 0.25) is 0 Å². The molecule has 1 amide bonds. The number of pyridine rings is 1. The SMILES string of the molecule is O=C(Nc1onc2c1CSC2)c1cccnc1OC1CCSC1. The Labute approximate surface area is 141 Å². The van der Waals surface area contributed by atoms with Gasteiger partial charge >= 0.3 is 0 Å². The van der Waals surface area contributed by atoms with Gasteiger partial charge in [0.1, 0.15) is 11.7 Å². The maximum absolute atomic E-state index is 12.6. The van der Waals surface area contributed by atoms with Crippen molar-refractivity contribution >= 4 is 35.3 Å². The first-order chi connectivity index (χ1) is 11.3. The summed E-state index contributed by atoms with van der Waals surface area (Å²) in [4.78, 5) is 16.8. The van der Waals surface area contributed by atoms with Crippen molar-refractivity contribution in [3.63, 3.8) is 0 Å². The first-order valence-corrected chi connectivity index (χ1v) is 9.68. The molecule has 4 rings (SSSR count). The van der Waals surface area contributed by atoms with Crippen LogP contribution in [0.15, 0.2) is 22.9 Å². The number of nitrogens with one attached hydrogen (secondary N) is 1. The number of hydrogen-bond donors (Lipinski definition) is 1. The van der Waals surface area contributed by atoms with Gasteiger partial charge in [0, 0.05) is 23.5 Å². The zero-order valence-corrected chi connectivity index (χ0v) is 13.9. The summed E-state index contributed by atoms with van der Waals surface area (Å²) in [6.07, 6.45) is 2.74. The molecule has 8 heteroatoms. The van der Waals surface area contributed by atoms with E-state index in [4.69, 9.17) is 9.26 Å². The first kappa shape index (κ1) is 14.9. The van der Waals surface area contributed by atoms with Gasteiger partial charge in [-0.25, -0.2) is 4.98 Å². The maximum atomic E-state index is 12.6. The topological polar surface area (TPSA) is 77.3 Å². The highest BCUT2D eigenvalue weighted by molar-refractivity contribution is 7.99. The second kappa shape index (κ2) is 6.45. The van der Waals surface area contributed by atoms with E-state index in [-0.39, 0.29) is 12.0 Å². The summed E-state index contributed by atoms with van der Waals surface area (Å²) in [5, 5.41) is 6.79. The molecule has 1 N–H and O–H groups in total. The fourth-order valence-corrected chi connectivity index (χ4v) is 4.66. The van der Waals surface area contributed by atoms with Crippen molar-refractivity contribution in [1.82, 2.24) is 10.1 Å². The van der Waals surface area contributed by atoms with Crippen LogP contribution >= 0.6 is 23.5 Å². The number of fused-ring (bicyclic) bond motifs is 1. The molecule has 23 heavy (non-hydrogen) atoms. The number of carbonyl (C=O) groups excluding carboxylic acids is 1. The molecule has 0 radical (unpaired) electrons. The van der Waals surface area contributed by atoms with E-state index < -0.39 is 0 Å². The summed E-state index contributed by atoms with van der Waals surface area (Å²) in [6.45, 7) is 0. The smallest absolute Gasteiger partial charge is 0.263 e. The van der Waals surface area contributed by atoms with Crippen LogP contribution in [0, 0.1) is 0 Å². The zero-order valence-electron chi connectivity index (χ0n) is 12.3. The number of nitrogens with zero attached hydrogens (tertiary/aromatic N) is 2. The lowest BCUT2D eigenvalue weighted by Crippen LogP contribution is -2.20. The molecule has 4 heterocycles. The Kier molecular flexibility index (Phi) is 4.17. The van der Waals surface area contributed by atoms with Gasteiger partial charge in [-0.2, -0.15) is 23.5 Å². The number of carbonyl (C=O) groups is 1. The predicted octanol–water partition coefficient (Wildman–Crippen LogP) is 2.95. The van der Waals surface area contributed by atoms with E-state index >= 15 is 0 Å². The van der Waals surface area contributed by atoms with Crippen molar-refractivity contribution in [2.24, 2.45) is 0 Å². The number of rotatable bonds is 4. The van der Waals surface area contributed by atoms with Gasteiger partial charge in [0.05, 0.1) is 11.3 Å². The molecular formula is C15H15N3O3S2. The molecule has 2 aliphatic rings. The summed E-state index contributed by atoms with van der Waals surface area (Å²) >= 11 is 3.61. The first-order valence-electron chi connectivity index (χ1n) is 7.37. The van der Waals surface area contributed by atoms with Gasteiger partial charge in [-0.3, -0.25) is 10.1 Å². The highest BCUT2D eigenvalue weighted by Crippen LogP contribution is 2.35. The Balaban J connectivity index is 1.53. The number of thioether (sulfide) groups is 2. The molecule has 0 aliphatic carbocycles. The van der Waals surface area contributed by atoms with Crippen LogP contribution in [0.3, 0.4) is 0 Å². The predicted molar refractivity (Wildman–Crippen MR) is 90.1 cm³/mol. The van der Waals surface area contributed by atoms with Gasteiger partial charge in [0.2, 0.25) is 11.8 Å². The third-order valence-corrected chi connectivity index (χ3v) is 5.87. The molecule has 1 saturated heterocycles. The van der Waals surface area contributed by atoms with Crippen molar-refractivity contribution in [1.29, 1.82) is 0 Å². The molecule has 0 saturated carbocycles. The molecule has 1 atom stereocenters. The van der Waals surface area contributed by atoms with Gasteiger partial charge in [0.25, 0.3) is 5.91 Å². The number of ether oxygens (including phenoxy) is 1. The number of hydrogen-bond acceptors (Lipinski definition) is 7. The van der Waals surface area contributed by atoms with Crippen molar-refractivity contribution in [3.8, 4) is 5.88 Å². The Morgan fingerprint density at radius 2 is 2.35 bits per heavy atom. The number of amides is 1. The fourth-order valence-electron chi connectivity index (χ4n) is 2.54. The lowest BCUT2D eigenvalue weighted by molar-refractivity contribution is 0.101. The van der Waals surface area contributed by atoms with Crippen LogP contribution in [-0.2, 0) is 11.5 Å². The molecule has 2 aromatic rings. The van der Waals surface area contributed by atoms with Crippen LogP contribution in [0.1, 0.15) is 28.0 Å². The Morgan fingerprint density at radius 1 is 1.39 bits per heavy atom. The molecule has 2 aliphatic heterocycles. The van der Waals surface area contributed by atoms with Crippen LogP contribution in [0.5, 0.6) is 5.88 Å². The van der Waals surface area contributed by atoms with Gasteiger partial charge in [-0.15, -0.1) is 0 Å². The van der Waals surface area contributed by atoms with Gasteiger partial charge in [-0.1, -0.05) is 5.16 Å². The summed E-state index contributed by atoms with van der Waals surface area (Å²) < 4.78 is 11.1. The van der Waals surface area contributed by atoms with Crippen molar-refractivity contribution in [3.05, 3.63) is 35.2 Å². The lowest BCUT2D eigenvalue weighted by Gasteiger charge is -2.14. The highest BCUT2D eigenvalue weighted by atomic mass is 32.2. The monoisotopic (exact) mass is 349 g/mol. The van der Waals surface area contributed by atoms with Gasteiger partial charge in [0.15, 0.2) is 0 Å². The van der Waals surface area contributed by atoms with Crippen LogP contribution in [-0.4, -0.2) is 33.7 Å². The second-order valence-corrected chi connectivity index (χ2v) is 7.48. The van der Waals surface area contributed by atoms with Gasteiger partial charge < -0.3 is 9.26 Å². The lowest BCUT2D eigenvalue weighted by atomic mass is 10.2. The molecule has 120 valence electrons. The second-order valence-electron chi connectivity index (χ2n) is 5.34. The fraction of sp³-hybridized carbons (Fsp3) is 0.400. The largest absolute Gasteiger partial charge is 0.473 e.